The molecule has 6 nitrogen and oxygen atoms in total. The van der Waals surface area contributed by atoms with E-state index in [9.17, 15) is 5.11 Å². The fraction of sp³-hybridized carbons (Fsp3) is 0.750. The normalized spacial score (nSPS) is 26.9. The van der Waals surface area contributed by atoms with Crippen molar-refractivity contribution in [3.8, 4) is 0 Å². The predicted molar refractivity (Wildman–Crippen MR) is 86.1 cm³/mol. The number of hydrogen-bond acceptors (Lipinski definition) is 6. The maximum atomic E-state index is 9.36. The van der Waals surface area contributed by atoms with Crippen molar-refractivity contribution in [3.63, 3.8) is 0 Å². The average Bonchev–Trinajstić information content (AvgIpc) is 3.10. The van der Waals surface area contributed by atoms with Gasteiger partial charge in [-0.15, -0.1) is 0 Å². The molecule has 2 N–H and O–H groups in total. The molecule has 2 saturated heterocycles. The van der Waals surface area contributed by atoms with Gasteiger partial charge >= 0.3 is 0 Å². The number of aliphatic hydroxyl groups is 1. The highest BCUT2D eigenvalue weighted by molar-refractivity contribution is 5.49. The molecule has 1 aromatic rings. The average molecular weight is 306 g/mol. The lowest BCUT2D eigenvalue weighted by atomic mass is 9.99. The number of anilines is 2. The van der Waals surface area contributed by atoms with E-state index in [2.05, 4.69) is 27.1 Å². The third-order valence-electron chi connectivity index (χ3n) is 4.65. The molecule has 0 unspecified atom stereocenters. The number of aromatic nitrogens is 2. The Morgan fingerprint density at radius 3 is 3.09 bits per heavy atom. The summed E-state index contributed by atoms with van der Waals surface area (Å²) in [4.78, 5) is 11.0. The Kier molecular flexibility index (Phi) is 5.10. The van der Waals surface area contributed by atoms with E-state index >= 15 is 0 Å². The van der Waals surface area contributed by atoms with Crippen LogP contribution in [0.1, 0.15) is 32.6 Å². The van der Waals surface area contributed by atoms with E-state index in [0.29, 0.717) is 5.92 Å². The van der Waals surface area contributed by atoms with Gasteiger partial charge in [-0.2, -0.15) is 0 Å². The molecule has 122 valence electrons. The number of rotatable bonds is 5. The summed E-state index contributed by atoms with van der Waals surface area (Å²) in [5, 5.41) is 12.8. The minimum Gasteiger partial charge on any atom is -0.396 e. The van der Waals surface area contributed by atoms with Gasteiger partial charge in [-0.05, 0) is 38.5 Å². The molecule has 6 heteroatoms. The minimum absolute atomic E-state index is 0.247. The Bertz CT molecular complexity index is 479. The van der Waals surface area contributed by atoms with Gasteiger partial charge in [0, 0.05) is 32.4 Å². The Labute approximate surface area is 131 Å². The summed E-state index contributed by atoms with van der Waals surface area (Å²) in [5.74, 6) is 2.14. The van der Waals surface area contributed by atoms with Crippen LogP contribution in [0.2, 0.25) is 0 Å². The van der Waals surface area contributed by atoms with Crippen molar-refractivity contribution in [2.24, 2.45) is 5.92 Å². The van der Waals surface area contributed by atoms with E-state index in [1.54, 1.807) is 6.33 Å². The smallest absolute Gasteiger partial charge is 0.134 e. The van der Waals surface area contributed by atoms with Crippen LogP contribution in [0, 0.1) is 5.92 Å². The van der Waals surface area contributed by atoms with Crippen LogP contribution in [0.5, 0.6) is 0 Å². The number of aliphatic hydroxyl groups excluding tert-OH is 1. The fourth-order valence-corrected chi connectivity index (χ4v) is 3.34. The van der Waals surface area contributed by atoms with Gasteiger partial charge in [-0.1, -0.05) is 0 Å². The molecule has 3 heterocycles. The van der Waals surface area contributed by atoms with Gasteiger partial charge in [-0.3, -0.25) is 0 Å². The lowest BCUT2D eigenvalue weighted by Crippen LogP contribution is -2.37. The monoisotopic (exact) mass is 306 g/mol. The molecule has 1 aromatic heterocycles. The molecule has 2 aliphatic rings. The summed E-state index contributed by atoms with van der Waals surface area (Å²) in [6.45, 7) is 5.12. The second-order valence-electron chi connectivity index (χ2n) is 6.38. The molecule has 22 heavy (non-hydrogen) atoms. The summed E-state index contributed by atoms with van der Waals surface area (Å²) in [5.41, 5.74) is 0. The molecule has 0 spiro atoms. The lowest BCUT2D eigenvalue weighted by molar-refractivity contribution is 0.0995. The molecular weight excluding hydrogens is 280 g/mol. The van der Waals surface area contributed by atoms with Crippen molar-refractivity contribution in [1.29, 1.82) is 0 Å². The number of nitrogens with one attached hydrogen (secondary N) is 1. The zero-order chi connectivity index (χ0) is 15.4. The third-order valence-corrected chi connectivity index (χ3v) is 4.65. The van der Waals surface area contributed by atoms with Gasteiger partial charge in [0.25, 0.3) is 0 Å². The lowest BCUT2D eigenvalue weighted by Gasteiger charge is -2.32. The molecule has 3 rings (SSSR count). The second-order valence-corrected chi connectivity index (χ2v) is 6.38. The zero-order valence-corrected chi connectivity index (χ0v) is 13.2. The van der Waals surface area contributed by atoms with Crippen molar-refractivity contribution in [2.75, 3.05) is 36.5 Å². The summed E-state index contributed by atoms with van der Waals surface area (Å²) < 4.78 is 5.72. The Morgan fingerprint density at radius 1 is 1.41 bits per heavy atom. The van der Waals surface area contributed by atoms with Crippen LogP contribution in [0.15, 0.2) is 12.4 Å². The van der Waals surface area contributed by atoms with Crippen LogP contribution >= 0.6 is 0 Å². The van der Waals surface area contributed by atoms with Gasteiger partial charge in [0.15, 0.2) is 0 Å². The standard InChI is InChI=1S/C16H26N4O2/c1-12(14-5-3-7-22-14)19-15-8-16(18-11-17-15)20-6-2-4-13(9-20)10-21/h8,11-14,21H,2-7,9-10H2,1H3,(H,17,18,19)/t12-,13+,14-/m0/s1. The largest absolute Gasteiger partial charge is 0.396 e. The van der Waals surface area contributed by atoms with E-state index < -0.39 is 0 Å². The Hall–Kier alpha value is -1.40. The Morgan fingerprint density at radius 2 is 2.32 bits per heavy atom. The first kappa shape index (κ1) is 15.5. The topological polar surface area (TPSA) is 70.5 Å². The SMILES string of the molecule is C[C@H](Nc1cc(N2CCC[C@@H](CO)C2)ncn1)[C@@H]1CCCO1. The van der Waals surface area contributed by atoms with E-state index in [-0.39, 0.29) is 18.8 Å². The first-order valence-corrected chi connectivity index (χ1v) is 8.32. The summed E-state index contributed by atoms with van der Waals surface area (Å²) in [6.07, 6.45) is 6.33. The fourth-order valence-electron chi connectivity index (χ4n) is 3.34. The van der Waals surface area contributed by atoms with Crippen molar-refractivity contribution >= 4 is 11.6 Å². The zero-order valence-electron chi connectivity index (χ0n) is 13.2. The molecule has 0 radical (unpaired) electrons. The van der Waals surface area contributed by atoms with Gasteiger partial charge in [0.05, 0.1) is 12.1 Å². The van der Waals surface area contributed by atoms with E-state index in [4.69, 9.17) is 4.74 Å². The van der Waals surface area contributed by atoms with Crippen LogP contribution < -0.4 is 10.2 Å². The molecule has 3 atom stereocenters. The van der Waals surface area contributed by atoms with Crippen LogP contribution in [0.25, 0.3) is 0 Å². The minimum atomic E-state index is 0.247. The van der Waals surface area contributed by atoms with Crippen molar-refractivity contribution in [1.82, 2.24) is 9.97 Å². The van der Waals surface area contributed by atoms with Gasteiger partial charge in [0.2, 0.25) is 0 Å². The predicted octanol–water partition coefficient (Wildman–Crippen LogP) is 1.66. The Balaban J connectivity index is 1.64. The summed E-state index contributed by atoms with van der Waals surface area (Å²) >= 11 is 0. The molecule has 2 aliphatic heterocycles. The maximum absolute atomic E-state index is 9.36. The number of hydrogen-bond donors (Lipinski definition) is 2. The molecule has 0 bridgehead atoms. The van der Waals surface area contributed by atoms with Crippen molar-refractivity contribution in [3.05, 3.63) is 12.4 Å². The number of nitrogens with zero attached hydrogens (tertiary/aromatic N) is 3. The quantitative estimate of drug-likeness (QED) is 0.862. The molecule has 0 amide bonds. The van der Waals surface area contributed by atoms with E-state index in [0.717, 1.165) is 57.0 Å². The summed E-state index contributed by atoms with van der Waals surface area (Å²) in [7, 11) is 0. The van der Waals surface area contributed by atoms with Crippen LogP contribution in [0.4, 0.5) is 11.6 Å². The molecule has 0 saturated carbocycles. The highest BCUT2D eigenvalue weighted by Crippen LogP contribution is 2.23. The molecular formula is C16H26N4O2. The molecule has 0 aliphatic carbocycles. The third kappa shape index (κ3) is 3.67. The van der Waals surface area contributed by atoms with Crippen molar-refractivity contribution in [2.45, 2.75) is 44.8 Å². The van der Waals surface area contributed by atoms with Crippen LogP contribution in [0.3, 0.4) is 0 Å². The van der Waals surface area contributed by atoms with E-state index in [1.165, 1.54) is 0 Å². The van der Waals surface area contributed by atoms with E-state index in [1.807, 2.05) is 6.07 Å². The highest BCUT2D eigenvalue weighted by Gasteiger charge is 2.23. The number of ether oxygens (including phenoxy) is 1. The number of piperidine rings is 1. The van der Waals surface area contributed by atoms with Gasteiger partial charge in [0.1, 0.15) is 18.0 Å². The van der Waals surface area contributed by atoms with Gasteiger partial charge < -0.3 is 20.1 Å². The second kappa shape index (κ2) is 7.24. The molecule has 0 aromatic carbocycles. The maximum Gasteiger partial charge on any atom is 0.134 e. The first-order chi connectivity index (χ1) is 10.8. The first-order valence-electron chi connectivity index (χ1n) is 8.32. The molecule has 2 fully saturated rings. The highest BCUT2D eigenvalue weighted by atomic mass is 16.5. The van der Waals surface area contributed by atoms with Crippen LogP contribution in [-0.2, 0) is 4.74 Å². The van der Waals surface area contributed by atoms with Crippen molar-refractivity contribution < 1.29 is 9.84 Å². The summed E-state index contributed by atoms with van der Waals surface area (Å²) in [6, 6.07) is 2.25. The van der Waals surface area contributed by atoms with Gasteiger partial charge in [-0.25, -0.2) is 9.97 Å². The van der Waals surface area contributed by atoms with Crippen LogP contribution in [-0.4, -0.2) is 53.5 Å².